The average Bonchev–Trinajstić information content (AvgIpc) is 3.10. The molecule has 0 saturated carbocycles. The molecule has 0 atom stereocenters. The maximum absolute atomic E-state index is 11.5. The number of anilines is 1. The van der Waals surface area contributed by atoms with Crippen molar-refractivity contribution in [3.63, 3.8) is 0 Å². The zero-order chi connectivity index (χ0) is 16.5. The van der Waals surface area contributed by atoms with Gasteiger partial charge < -0.3 is 9.80 Å². The Labute approximate surface area is 141 Å². The number of fused-ring (bicyclic) bond motifs is 1. The van der Waals surface area contributed by atoms with Gasteiger partial charge in [-0.25, -0.2) is 9.97 Å². The van der Waals surface area contributed by atoms with Gasteiger partial charge in [-0.05, 0) is 31.4 Å². The number of carbonyl (C=O) groups is 1. The van der Waals surface area contributed by atoms with Crippen molar-refractivity contribution < 1.29 is 4.79 Å². The van der Waals surface area contributed by atoms with Crippen LogP contribution < -0.4 is 4.90 Å². The summed E-state index contributed by atoms with van der Waals surface area (Å²) < 4.78 is 0. The van der Waals surface area contributed by atoms with Gasteiger partial charge in [0, 0.05) is 62.3 Å². The molecule has 124 valence electrons. The molecule has 6 heteroatoms. The predicted molar refractivity (Wildman–Crippen MR) is 91.8 cm³/mol. The van der Waals surface area contributed by atoms with Crippen LogP contribution in [0.15, 0.2) is 24.5 Å². The molecule has 1 saturated heterocycles. The fourth-order valence-electron chi connectivity index (χ4n) is 3.54. The smallest absolute Gasteiger partial charge is 0.219 e. The summed E-state index contributed by atoms with van der Waals surface area (Å²) in [7, 11) is 0. The van der Waals surface area contributed by atoms with Crippen molar-refractivity contribution in [2.75, 3.05) is 31.1 Å². The van der Waals surface area contributed by atoms with E-state index in [0.717, 1.165) is 62.6 Å². The molecule has 24 heavy (non-hydrogen) atoms. The molecule has 2 aliphatic rings. The highest BCUT2D eigenvalue weighted by Gasteiger charge is 2.26. The Bertz CT molecular complexity index is 754. The molecule has 0 unspecified atom stereocenters. The molecule has 2 aromatic rings. The van der Waals surface area contributed by atoms with Gasteiger partial charge in [-0.3, -0.25) is 9.78 Å². The number of hydrogen-bond acceptors (Lipinski definition) is 5. The van der Waals surface area contributed by atoms with Crippen LogP contribution in [0.2, 0.25) is 0 Å². The van der Waals surface area contributed by atoms with Crippen LogP contribution in [0.5, 0.6) is 0 Å². The van der Waals surface area contributed by atoms with E-state index in [1.807, 2.05) is 17.0 Å². The minimum absolute atomic E-state index is 0.153. The third-order valence-electron chi connectivity index (χ3n) is 4.87. The van der Waals surface area contributed by atoms with E-state index in [9.17, 15) is 4.79 Å². The lowest BCUT2D eigenvalue weighted by molar-refractivity contribution is -0.129. The number of nitrogens with zero attached hydrogens (tertiary/aromatic N) is 5. The first kappa shape index (κ1) is 15.1. The Morgan fingerprint density at radius 1 is 1.04 bits per heavy atom. The molecule has 3 heterocycles. The van der Waals surface area contributed by atoms with E-state index >= 15 is 0 Å². The van der Waals surface area contributed by atoms with Crippen LogP contribution in [0.25, 0.3) is 11.4 Å². The maximum Gasteiger partial charge on any atom is 0.219 e. The molecule has 0 radical (unpaired) electrons. The summed E-state index contributed by atoms with van der Waals surface area (Å²) in [5, 5.41) is 0. The number of aromatic nitrogens is 3. The summed E-state index contributed by atoms with van der Waals surface area (Å²) in [4.78, 5) is 29.5. The second-order valence-electron chi connectivity index (χ2n) is 6.38. The van der Waals surface area contributed by atoms with Gasteiger partial charge in [0.25, 0.3) is 0 Å². The Hall–Kier alpha value is -2.50. The number of piperazine rings is 1. The third-order valence-corrected chi connectivity index (χ3v) is 4.87. The third kappa shape index (κ3) is 2.72. The fraction of sp³-hybridized carbons (Fsp3) is 0.444. The number of amides is 1. The van der Waals surface area contributed by atoms with Gasteiger partial charge >= 0.3 is 0 Å². The topological polar surface area (TPSA) is 62.2 Å². The van der Waals surface area contributed by atoms with Crippen LogP contribution in [0.4, 0.5) is 5.82 Å². The standard InChI is InChI=1S/C18H21N5O/c1-13(24)22-9-11-23(12-10-22)18-15-3-2-4-16(15)20-17(21-18)14-5-7-19-8-6-14/h5-8H,2-4,9-12H2,1H3. The number of aryl methyl sites for hydroxylation is 1. The molecule has 1 aliphatic heterocycles. The van der Waals surface area contributed by atoms with Gasteiger partial charge in [-0.15, -0.1) is 0 Å². The molecule has 0 bridgehead atoms. The first-order valence-corrected chi connectivity index (χ1v) is 8.53. The minimum Gasteiger partial charge on any atom is -0.353 e. The van der Waals surface area contributed by atoms with E-state index in [-0.39, 0.29) is 5.91 Å². The van der Waals surface area contributed by atoms with Crippen LogP contribution in [-0.2, 0) is 17.6 Å². The molecule has 0 aromatic carbocycles. The lowest BCUT2D eigenvalue weighted by Gasteiger charge is -2.35. The molecule has 1 aliphatic carbocycles. The van der Waals surface area contributed by atoms with Crippen molar-refractivity contribution in [1.82, 2.24) is 19.9 Å². The van der Waals surface area contributed by atoms with Crippen molar-refractivity contribution >= 4 is 11.7 Å². The normalized spacial score (nSPS) is 17.0. The Morgan fingerprint density at radius 3 is 2.50 bits per heavy atom. The van der Waals surface area contributed by atoms with Crippen LogP contribution in [-0.4, -0.2) is 51.9 Å². The van der Waals surface area contributed by atoms with Crippen LogP contribution in [0.3, 0.4) is 0 Å². The second-order valence-corrected chi connectivity index (χ2v) is 6.38. The number of hydrogen-bond donors (Lipinski definition) is 0. The average molecular weight is 323 g/mol. The predicted octanol–water partition coefficient (Wildman–Crippen LogP) is 1.70. The van der Waals surface area contributed by atoms with Crippen LogP contribution in [0, 0.1) is 0 Å². The molecular formula is C18H21N5O. The summed E-state index contributed by atoms with van der Waals surface area (Å²) >= 11 is 0. The van der Waals surface area contributed by atoms with E-state index in [1.165, 1.54) is 11.3 Å². The SMILES string of the molecule is CC(=O)N1CCN(c2nc(-c3ccncc3)nc3c2CCC3)CC1. The Balaban J connectivity index is 1.68. The van der Waals surface area contributed by atoms with Gasteiger partial charge in [0.2, 0.25) is 5.91 Å². The van der Waals surface area contributed by atoms with Gasteiger partial charge in [0.05, 0.1) is 0 Å². The number of pyridine rings is 1. The summed E-state index contributed by atoms with van der Waals surface area (Å²) in [6.07, 6.45) is 6.77. The van der Waals surface area contributed by atoms with E-state index in [1.54, 1.807) is 19.3 Å². The first-order chi connectivity index (χ1) is 11.7. The molecule has 0 N–H and O–H groups in total. The summed E-state index contributed by atoms with van der Waals surface area (Å²) in [5.74, 6) is 2.00. The van der Waals surface area contributed by atoms with Crippen molar-refractivity contribution in [2.24, 2.45) is 0 Å². The largest absolute Gasteiger partial charge is 0.353 e. The van der Waals surface area contributed by atoms with Crippen LogP contribution >= 0.6 is 0 Å². The van der Waals surface area contributed by atoms with E-state index < -0.39 is 0 Å². The molecule has 0 spiro atoms. The zero-order valence-electron chi connectivity index (χ0n) is 13.9. The van der Waals surface area contributed by atoms with E-state index in [4.69, 9.17) is 9.97 Å². The van der Waals surface area contributed by atoms with Crippen LogP contribution in [0.1, 0.15) is 24.6 Å². The molecular weight excluding hydrogens is 302 g/mol. The van der Waals surface area contributed by atoms with Gasteiger partial charge in [-0.1, -0.05) is 0 Å². The second kappa shape index (κ2) is 6.19. The summed E-state index contributed by atoms with van der Waals surface area (Å²) in [6, 6.07) is 3.91. The quantitative estimate of drug-likeness (QED) is 0.842. The number of rotatable bonds is 2. The molecule has 4 rings (SSSR count). The van der Waals surface area contributed by atoms with Crippen molar-refractivity contribution in [1.29, 1.82) is 0 Å². The lowest BCUT2D eigenvalue weighted by atomic mass is 10.2. The molecule has 1 amide bonds. The monoisotopic (exact) mass is 323 g/mol. The van der Waals surface area contributed by atoms with Gasteiger partial charge in [0.15, 0.2) is 5.82 Å². The highest BCUT2D eigenvalue weighted by molar-refractivity contribution is 5.73. The maximum atomic E-state index is 11.5. The molecule has 2 aromatic heterocycles. The summed E-state index contributed by atoms with van der Waals surface area (Å²) in [6.45, 7) is 4.83. The highest BCUT2D eigenvalue weighted by Crippen LogP contribution is 2.31. The van der Waals surface area contributed by atoms with E-state index in [0.29, 0.717) is 0 Å². The van der Waals surface area contributed by atoms with Crippen molar-refractivity contribution in [3.05, 3.63) is 35.8 Å². The highest BCUT2D eigenvalue weighted by atomic mass is 16.2. The van der Waals surface area contributed by atoms with Gasteiger partial charge in [0.1, 0.15) is 5.82 Å². The summed E-state index contributed by atoms with van der Waals surface area (Å²) in [5.41, 5.74) is 3.48. The molecule has 1 fully saturated rings. The van der Waals surface area contributed by atoms with Gasteiger partial charge in [-0.2, -0.15) is 0 Å². The Morgan fingerprint density at radius 2 is 1.79 bits per heavy atom. The first-order valence-electron chi connectivity index (χ1n) is 8.53. The van der Waals surface area contributed by atoms with Crippen molar-refractivity contribution in [3.8, 4) is 11.4 Å². The zero-order valence-corrected chi connectivity index (χ0v) is 13.9. The van der Waals surface area contributed by atoms with Crippen molar-refractivity contribution in [2.45, 2.75) is 26.2 Å². The Kier molecular flexibility index (Phi) is 3.88. The lowest BCUT2D eigenvalue weighted by Crippen LogP contribution is -2.48. The fourth-order valence-corrected chi connectivity index (χ4v) is 3.54. The minimum atomic E-state index is 0.153. The number of carbonyl (C=O) groups excluding carboxylic acids is 1. The molecule has 6 nitrogen and oxygen atoms in total. The van der Waals surface area contributed by atoms with E-state index in [2.05, 4.69) is 9.88 Å².